The second kappa shape index (κ2) is 6.02. The molecule has 0 saturated heterocycles. The van der Waals surface area contributed by atoms with Crippen LogP contribution < -0.4 is 0 Å². The second-order valence-corrected chi connectivity index (χ2v) is 3.61. The molecule has 2 unspecified atom stereocenters. The minimum atomic E-state index is 0.148. The Morgan fingerprint density at radius 3 is 2.42 bits per heavy atom. The zero-order valence-corrected chi connectivity index (χ0v) is 8.67. The first-order chi connectivity index (χ1) is 5.61. The lowest BCUT2D eigenvalue weighted by molar-refractivity contribution is 0.229. The van der Waals surface area contributed by atoms with Crippen LogP contribution in [-0.4, -0.2) is 24.5 Å². The fourth-order valence-electron chi connectivity index (χ4n) is 1.29. The van der Waals surface area contributed by atoms with Gasteiger partial charge < -0.3 is 4.90 Å². The van der Waals surface area contributed by atoms with Crippen LogP contribution in [0.25, 0.3) is 0 Å². The molecular formula is C10H20N2. The number of nitriles is 1. The standard InChI is InChI=1S/C10H20N2/c1-5-6-10(3)12(4)8-9(2)7-11/h9-10H,5-6,8H2,1-4H3. The summed E-state index contributed by atoms with van der Waals surface area (Å²) in [6.45, 7) is 7.26. The Kier molecular flexibility index (Phi) is 5.74. The van der Waals surface area contributed by atoms with Crippen LogP contribution in [0.5, 0.6) is 0 Å². The molecule has 0 radical (unpaired) electrons. The fraction of sp³-hybridized carbons (Fsp3) is 0.900. The highest BCUT2D eigenvalue weighted by atomic mass is 15.1. The second-order valence-electron chi connectivity index (χ2n) is 3.61. The van der Waals surface area contributed by atoms with Crippen molar-refractivity contribution in [3.05, 3.63) is 0 Å². The van der Waals surface area contributed by atoms with E-state index in [2.05, 4.69) is 31.9 Å². The van der Waals surface area contributed by atoms with Gasteiger partial charge in [-0.25, -0.2) is 0 Å². The molecule has 0 heterocycles. The van der Waals surface area contributed by atoms with Gasteiger partial charge in [0.2, 0.25) is 0 Å². The Morgan fingerprint density at radius 2 is 2.00 bits per heavy atom. The summed E-state index contributed by atoms with van der Waals surface area (Å²) in [6, 6.07) is 2.85. The van der Waals surface area contributed by atoms with E-state index in [1.165, 1.54) is 12.8 Å². The maximum Gasteiger partial charge on any atom is 0.0666 e. The van der Waals surface area contributed by atoms with Crippen molar-refractivity contribution in [2.75, 3.05) is 13.6 Å². The molecule has 0 fully saturated rings. The molecule has 0 aromatic rings. The quantitative estimate of drug-likeness (QED) is 0.629. The van der Waals surface area contributed by atoms with Crippen molar-refractivity contribution in [2.45, 2.75) is 39.7 Å². The largest absolute Gasteiger partial charge is 0.302 e. The number of hydrogen-bond acceptors (Lipinski definition) is 2. The molecule has 0 N–H and O–H groups in total. The minimum absolute atomic E-state index is 0.148. The molecule has 0 aliphatic rings. The lowest BCUT2D eigenvalue weighted by atomic mass is 10.1. The van der Waals surface area contributed by atoms with Crippen LogP contribution in [0.3, 0.4) is 0 Å². The van der Waals surface area contributed by atoms with Crippen LogP contribution >= 0.6 is 0 Å². The van der Waals surface area contributed by atoms with Gasteiger partial charge in [-0.3, -0.25) is 0 Å². The third-order valence-electron chi connectivity index (χ3n) is 2.24. The highest BCUT2D eigenvalue weighted by Crippen LogP contribution is 2.06. The van der Waals surface area contributed by atoms with Crippen LogP contribution in [-0.2, 0) is 0 Å². The van der Waals surface area contributed by atoms with E-state index in [0.29, 0.717) is 6.04 Å². The van der Waals surface area contributed by atoms with E-state index < -0.39 is 0 Å². The van der Waals surface area contributed by atoms with Gasteiger partial charge in [-0.15, -0.1) is 0 Å². The molecule has 0 aromatic carbocycles. The molecule has 0 bridgehead atoms. The summed E-state index contributed by atoms with van der Waals surface area (Å²) in [5.74, 6) is 0.148. The molecule has 0 saturated carbocycles. The SMILES string of the molecule is CCCC(C)N(C)CC(C)C#N. The van der Waals surface area contributed by atoms with E-state index in [1.54, 1.807) is 0 Å². The first-order valence-electron chi connectivity index (χ1n) is 4.71. The Morgan fingerprint density at radius 1 is 1.42 bits per heavy atom. The molecule has 0 aromatic heterocycles. The molecule has 70 valence electrons. The number of nitrogens with zero attached hydrogens (tertiary/aromatic N) is 2. The van der Waals surface area contributed by atoms with E-state index in [-0.39, 0.29) is 5.92 Å². The van der Waals surface area contributed by atoms with E-state index >= 15 is 0 Å². The van der Waals surface area contributed by atoms with Crippen LogP contribution in [0.4, 0.5) is 0 Å². The summed E-state index contributed by atoms with van der Waals surface area (Å²) in [6.07, 6.45) is 2.43. The average Bonchev–Trinajstić information content (AvgIpc) is 2.04. The molecule has 0 rings (SSSR count). The monoisotopic (exact) mass is 168 g/mol. The molecule has 0 aliphatic heterocycles. The van der Waals surface area contributed by atoms with E-state index in [4.69, 9.17) is 5.26 Å². The van der Waals surface area contributed by atoms with Crippen molar-refractivity contribution in [3.63, 3.8) is 0 Å². The Bertz CT molecular complexity index is 148. The molecule has 2 nitrogen and oxygen atoms in total. The van der Waals surface area contributed by atoms with Gasteiger partial charge in [0.25, 0.3) is 0 Å². The molecule has 2 heteroatoms. The summed E-state index contributed by atoms with van der Waals surface area (Å²) in [5, 5.41) is 8.62. The predicted molar refractivity (Wildman–Crippen MR) is 51.8 cm³/mol. The minimum Gasteiger partial charge on any atom is -0.302 e. The average molecular weight is 168 g/mol. The first kappa shape index (κ1) is 11.4. The van der Waals surface area contributed by atoms with Crippen LogP contribution in [0, 0.1) is 17.2 Å². The summed E-state index contributed by atoms with van der Waals surface area (Å²) in [4.78, 5) is 2.26. The third-order valence-corrected chi connectivity index (χ3v) is 2.24. The van der Waals surface area contributed by atoms with Crippen molar-refractivity contribution >= 4 is 0 Å². The smallest absolute Gasteiger partial charge is 0.0666 e. The molecule has 0 amide bonds. The number of hydrogen-bond donors (Lipinski definition) is 0. The summed E-state index contributed by atoms with van der Waals surface area (Å²) < 4.78 is 0. The van der Waals surface area contributed by atoms with Gasteiger partial charge in [0.1, 0.15) is 0 Å². The van der Waals surface area contributed by atoms with Crippen molar-refractivity contribution in [1.29, 1.82) is 5.26 Å². The van der Waals surface area contributed by atoms with Gasteiger partial charge in [-0.2, -0.15) is 5.26 Å². The molecular weight excluding hydrogens is 148 g/mol. The zero-order chi connectivity index (χ0) is 9.56. The highest BCUT2D eigenvalue weighted by molar-refractivity contribution is 4.81. The topological polar surface area (TPSA) is 27.0 Å². The van der Waals surface area contributed by atoms with Crippen molar-refractivity contribution in [3.8, 4) is 6.07 Å². The Labute approximate surface area is 76.2 Å². The maximum atomic E-state index is 8.62. The fourth-order valence-corrected chi connectivity index (χ4v) is 1.29. The highest BCUT2D eigenvalue weighted by Gasteiger charge is 2.10. The summed E-state index contributed by atoms with van der Waals surface area (Å²) >= 11 is 0. The lowest BCUT2D eigenvalue weighted by Crippen LogP contribution is -2.32. The Balaban J connectivity index is 3.71. The van der Waals surface area contributed by atoms with Crippen LogP contribution in [0.1, 0.15) is 33.6 Å². The van der Waals surface area contributed by atoms with Gasteiger partial charge in [-0.1, -0.05) is 13.3 Å². The normalized spacial score (nSPS) is 15.7. The van der Waals surface area contributed by atoms with Crippen LogP contribution in [0.15, 0.2) is 0 Å². The van der Waals surface area contributed by atoms with Crippen molar-refractivity contribution in [1.82, 2.24) is 4.90 Å². The van der Waals surface area contributed by atoms with Gasteiger partial charge in [-0.05, 0) is 27.3 Å². The van der Waals surface area contributed by atoms with Gasteiger partial charge in [0.05, 0.1) is 12.0 Å². The van der Waals surface area contributed by atoms with Crippen LogP contribution in [0.2, 0.25) is 0 Å². The maximum absolute atomic E-state index is 8.62. The lowest BCUT2D eigenvalue weighted by Gasteiger charge is -2.24. The number of rotatable bonds is 5. The van der Waals surface area contributed by atoms with Gasteiger partial charge in [0.15, 0.2) is 0 Å². The Hall–Kier alpha value is -0.550. The van der Waals surface area contributed by atoms with E-state index in [0.717, 1.165) is 6.54 Å². The first-order valence-corrected chi connectivity index (χ1v) is 4.71. The predicted octanol–water partition coefficient (Wildman–Crippen LogP) is 2.27. The third kappa shape index (κ3) is 4.35. The van der Waals surface area contributed by atoms with Crippen molar-refractivity contribution in [2.24, 2.45) is 5.92 Å². The van der Waals surface area contributed by atoms with E-state index in [1.807, 2.05) is 6.92 Å². The molecule has 12 heavy (non-hydrogen) atoms. The van der Waals surface area contributed by atoms with Gasteiger partial charge in [0, 0.05) is 12.6 Å². The van der Waals surface area contributed by atoms with Crippen molar-refractivity contribution < 1.29 is 0 Å². The van der Waals surface area contributed by atoms with E-state index in [9.17, 15) is 0 Å². The molecule has 0 spiro atoms. The summed E-state index contributed by atoms with van der Waals surface area (Å²) in [5.41, 5.74) is 0. The zero-order valence-electron chi connectivity index (χ0n) is 8.67. The molecule has 2 atom stereocenters. The summed E-state index contributed by atoms with van der Waals surface area (Å²) in [7, 11) is 2.09. The van der Waals surface area contributed by atoms with Gasteiger partial charge >= 0.3 is 0 Å². The molecule has 0 aliphatic carbocycles.